The smallest absolute Gasteiger partial charge is 0.311 e. The van der Waals surface area contributed by atoms with E-state index in [0.29, 0.717) is 18.8 Å². The van der Waals surface area contributed by atoms with Crippen molar-refractivity contribution in [3.63, 3.8) is 0 Å². The number of benzene rings is 2. The number of ether oxygens (including phenoxy) is 2. The molecule has 2 rings (SSSR count). The minimum Gasteiger partial charge on any atom is -0.466 e. The topological polar surface area (TPSA) is 52.6 Å². The fourth-order valence-corrected chi connectivity index (χ4v) is 2.75. The van der Waals surface area contributed by atoms with Crippen LogP contribution in [0.3, 0.4) is 0 Å². The minimum absolute atomic E-state index is 0.207. The first-order valence-electron chi connectivity index (χ1n) is 9.54. The van der Waals surface area contributed by atoms with E-state index < -0.39 is 0 Å². The molecule has 140 valence electrons. The van der Waals surface area contributed by atoms with Crippen LogP contribution in [0.15, 0.2) is 42.5 Å². The summed E-state index contributed by atoms with van der Waals surface area (Å²) in [6, 6.07) is 13.5. The van der Waals surface area contributed by atoms with Crippen molar-refractivity contribution in [1.29, 1.82) is 0 Å². The lowest BCUT2D eigenvalue weighted by Gasteiger charge is -2.06. The molecule has 0 saturated carbocycles. The molecule has 0 fully saturated rings. The number of unbranched alkanes of at least 4 members (excludes halogenated alkanes) is 4. The first-order valence-corrected chi connectivity index (χ1v) is 9.54. The Morgan fingerprint density at radius 3 is 2.35 bits per heavy atom. The van der Waals surface area contributed by atoms with Crippen molar-refractivity contribution in [3.05, 3.63) is 42.5 Å². The summed E-state index contributed by atoms with van der Waals surface area (Å²) in [7, 11) is 0. The highest BCUT2D eigenvalue weighted by Gasteiger charge is 2.09. The molecule has 0 heterocycles. The molecule has 0 spiro atoms. The number of rotatable bonds is 11. The van der Waals surface area contributed by atoms with Gasteiger partial charge in [0.25, 0.3) is 0 Å². The lowest BCUT2D eigenvalue weighted by Crippen LogP contribution is -2.10. The summed E-state index contributed by atoms with van der Waals surface area (Å²) < 4.78 is 10.5. The molecule has 2 aromatic carbocycles. The van der Waals surface area contributed by atoms with E-state index in [4.69, 9.17) is 9.47 Å². The average Bonchev–Trinajstić information content (AvgIpc) is 2.64. The number of carbonyl (C=O) groups excluding carboxylic acids is 2. The third-order valence-corrected chi connectivity index (χ3v) is 4.23. The Labute approximate surface area is 155 Å². The van der Waals surface area contributed by atoms with E-state index in [1.165, 1.54) is 19.3 Å². The van der Waals surface area contributed by atoms with Crippen molar-refractivity contribution in [3.8, 4) is 5.75 Å². The second-order valence-electron chi connectivity index (χ2n) is 6.47. The molecular weight excluding hydrogens is 328 g/mol. The molecular formula is C22H28O4. The van der Waals surface area contributed by atoms with Crippen molar-refractivity contribution in [1.82, 2.24) is 0 Å². The van der Waals surface area contributed by atoms with Gasteiger partial charge in [-0.25, -0.2) is 0 Å². The molecule has 0 aliphatic rings. The van der Waals surface area contributed by atoms with Gasteiger partial charge in [-0.05, 0) is 35.7 Å². The molecule has 4 nitrogen and oxygen atoms in total. The zero-order chi connectivity index (χ0) is 18.6. The first kappa shape index (κ1) is 20.0. The molecule has 0 unspecified atom stereocenters. The predicted octanol–water partition coefficient (Wildman–Crippen LogP) is 5.43. The molecule has 0 bridgehead atoms. The average molecular weight is 356 g/mol. The van der Waals surface area contributed by atoms with Crippen LogP contribution < -0.4 is 4.74 Å². The Hall–Kier alpha value is -2.36. The molecule has 0 saturated heterocycles. The SMILES string of the molecule is CCCCCCCOC(=O)CCCC(=O)Oc1ccc2ccccc2c1. The highest BCUT2D eigenvalue weighted by Crippen LogP contribution is 2.21. The quantitative estimate of drug-likeness (QED) is 0.306. The van der Waals surface area contributed by atoms with Gasteiger partial charge in [0, 0.05) is 12.8 Å². The van der Waals surface area contributed by atoms with Gasteiger partial charge in [0.1, 0.15) is 5.75 Å². The minimum atomic E-state index is -0.326. The van der Waals surface area contributed by atoms with Crippen LogP contribution in [-0.4, -0.2) is 18.5 Å². The van der Waals surface area contributed by atoms with Gasteiger partial charge in [-0.1, -0.05) is 62.9 Å². The third kappa shape index (κ3) is 7.26. The molecule has 2 aromatic rings. The molecule has 0 radical (unpaired) electrons. The fourth-order valence-electron chi connectivity index (χ4n) is 2.75. The highest BCUT2D eigenvalue weighted by molar-refractivity contribution is 5.84. The van der Waals surface area contributed by atoms with E-state index in [2.05, 4.69) is 6.92 Å². The summed E-state index contributed by atoms with van der Waals surface area (Å²) >= 11 is 0. The van der Waals surface area contributed by atoms with E-state index in [1.807, 2.05) is 36.4 Å². The fraction of sp³-hybridized carbons (Fsp3) is 0.455. The van der Waals surface area contributed by atoms with Crippen molar-refractivity contribution in [2.24, 2.45) is 0 Å². The monoisotopic (exact) mass is 356 g/mol. The van der Waals surface area contributed by atoms with E-state index in [1.54, 1.807) is 6.07 Å². The lowest BCUT2D eigenvalue weighted by atomic mass is 10.1. The molecule has 0 atom stereocenters. The maximum Gasteiger partial charge on any atom is 0.311 e. The predicted molar refractivity (Wildman–Crippen MR) is 103 cm³/mol. The van der Waals surface area contributed by atoms with Gasteiger partial charge < -0.3 is 9.47 Å². The third-order valence-electron chi connectivity index (χ3n) is 4.23. The van der Waals surface area contributed by atoms with Crippen LogP contribution in [0.25, 0.3) is 10.8 Å². The summed E-state index contributed by atoms with van der Waals surface area (Å²) in [5.41, 5.74) is 0. The second-order valence-corrected chi connectivity index (χ2v) is 6.47. The van der Waals surface area contributed by atoms with Crippen LogP contribution in [0, 0.1) is 0 Å². The molecule has 26 heavy (non-hydrogen) atoms. The van der Waals surface area contributed by atoms with Crippen molar-refractivity contribution < 1.29 is 19.1 Å². The first-order chi connectivity index (χ1) is 12.7. The molecule has 0 aliphatic carbocycles. The highest BCUT2D eigenvalue weighted by atomic mass is 16.5. The Kier molecular flexibility index (Phi) is 8.67. The van der Waals surface area contributed by atoms with Crippen molar-refractivity contribution >= 4 is 22.7 Å². The molecule has 0 aliphatic heterocycles. The second kappa shape index (κ2) is 11.3. The van der Waals surface area contributed by atoms with Crippen LogP contribution in [0.4, 0.5) is 0 Å². The zero-order valence-corrected chi connectivity index (χ0v) is 15.5. The maximum atomic E-state index is 11.9. The normalized spacial score (nSPS) is 10.7. The van der Waals surface area contributed by atoms with Gasteiger partial charge >= 0.3 is 11.9 Å². The number of esters is 2. The summed E-state index contributed by atoms with van der Waals surface area (Å²) in [4.78, 5) is 23.6. The van der Waals surface area contributed by atoms with Crippen LogP contribution in [0.5, 0.6) is 5.75 Å². The van der Waals surface area contributed by atoms with Gasteiger partial charge in [-0.2, -0.15) is 0 Å². The number of hydrogen-bond donors (Lipinski definition) is 0. The number of carbonyl (C=O) groups is 2. The van der Waals surface area contributed by atoms with E-state index in [0.717, 1.165) is 23.6 Å². The van der Waals surface area contributed by atoms with Crippen molar-refractivity contribution in [2.45, 2.75) is 58.3 Å². The summed E-state index contributed by atoms with van der Waals surface area (Å²) in [6.07, 6.45) is 6.53. The van der Waals surface area contributed by atoms with Crippen LogP contribution in [0.2, 0.25) is 0 Å². The maximum absolute atomic E-state index is 11.9. The molecule has 4 heteroatoms. The Morgan fingerprint density at radius 2 is 1.54 bits per heavy atom. The van der Waals surface area contributed by atoms with Gasteiger partial charge in [-0.15, -0.1) is 0 Å². The Morgan fingerprint density at radius 1 is 0.808 bits per heavy atom. The lowest BCUT2D eigenvalue weighted by molar-refractivity contribution is -0.144. The van der Waals surface area contributed by atoms with Crippen LogP contribution >= 0.6 is 0 Å². The van der Waals surface area contributed by atoms with Gasteiger partial charge in [0.15, 0.2) is 0 Å². The molecule has 0 aromatic heterocycles. The number of fused-ring (bicyclic) bond motifs is 1. The van der Waals surface area contributed by atoms with Gasteiger partial charge in [-0.3, -0.25) is 9.59 Å². The van der Waals surface area contributed by atoms with E-state index in [-0.39, 0.29) is 24.8 Å². The van der Waals surface area contributed by atoms with Crippen LogP contribution in [-0.2, 0) is 14.3 Å². The van der Waals surface area contributed by atoms with Gasteiger partial charge in [0.2, 0.25) is 0 Å². The van der Waals surface area contributed by atoms with Crippen molar-refractivity contribution in [2.75, 3.05) is 6.61 Å². The summed E-state index contributed by atoms with van der Waals surface area (Å²) in [5.74, 6) is -0.0324. The summed E-state index contributed by atoms with van der Waals surface area (Å²) in [5, 5.41) is 2.13. The number of hydrogen-bond acceptors (Lipinski definition) is 4. The zero-order valence-electron chi connectivity index (χ0n) is 15.5. The molecule has 0 N–H and O–H groups in total. The Bertz CT molecular complexity index is 708. The van der Waals surface area contributed by atoms with Crippen LogP contribution in [0.1, 0.15) is 58.3 Å². The Balaban J connectivity index is 1.61. The standard InChI is InChI=1S/C22H28O4/c1-2-3-4-5-8-16-25-21(23)12-9-13-22(24)26-20-15-14-18-10-6-7-11-19(18)17-20/h6-7,10-11,14-15,17H,2-5,8-9,12-13,16H2,1H3. The molecule has 0 amide bonds. The van der Waals surface area contributed by atoms with E-state index >= 15 is 0 Å². The summed E-state index contributed by atoms with van der Waals surface area (Å²) in [6.45, 7) is 2.65. The largest absolute Gasteiger partial charge is 0.466 e. The van der Waals surface area contributed by atoms with Gasteiger partial charge in [0.05, 0.1) is 6.61 Å². The van der Waals surface area contributed by atoms with E-state index in [9.17, 15) is 9.59 Å².